The number of hydrogen-bond donors (Lipinski definition) is 1. The molecular formula is C29H28N2O3. The first kappa shape index (κ1) is 22.0. The number of fused-ring (bicyclic) bond motifs is 2. The van der Waals surface area contributed by atoms with Crippen molar-refractivity contribution in [3.63, 3.8) is 0 Å². The van der Waals surface area contributed by atoms with Gasteiger partial charge in [-0.05, 0) is 63.4 Å². The predicted molar refractivity (Wildman–Crippen MR) is 133 cm³/mol. The van der Waals surface area contributed by atoms with E-state index in [0.29, 0.717) is 22.4 Å². The number of aromatic nitrogens is 1. The molecule has 1 atom stereocenters. The van der Waals surface area contributed by atoms with Crippen molar-refractivity contribution >= 4 is 17.4 Å². The highest BCUT2D eigenvalue weighted by Gasteiger charge is 2.43. The molecule has 0 saturated carbocycles. The van der Waals surface area contributed by atoms with Gasteiger partial charge in [-0.25, -0.2) is 4.79 Å². The molecule has 0 saturated heterocycles. The van der Waals surface area contributed by atoms with E-state index in [1.54, 1.807) is 0 Å². The average molecular weight is 453 g/mol. The molecule has 34 heavy (non-hydrogen) atoms. The maximum absolute atomic E-state index is 13.7. The van der Waals surface area contributed by atoms with Crippen LogP contribution in [0, 0.1) is 27.7 Å². The third-order valence-corrected chi connectivity index (χ3v) is 7.25. The van der Waals surface area contributed by atoms with E-state index in [1.807, 2.05) is 31.2 Å². The summed E-state index contributed by atoms with van der Waals surface area (Å²) in [5, 5.41) is 3.35. The molecule has 0 radical (unpaired) electrons. The van der Waals surface area contributed by atoms with Crippen molar-refractivity contribution in [2.24, 2.45) is 0 Å². The Morgan fingerprint density at radius 3 is 2.38 bits per heavy atom. The van der Waals surface area contributed by atoms with Crippen molar-refractivity contribution < 1.29 is 14.3 Å². The van der Waals surface area contributed by atoms with Crippen LogP contribution < -0.4 is 5.32 Å². The number of esters is 1. The van der Waals surface area contributed by atoms with Gasteiger partial charge in [0, 0.05) is 39.5 Å². The zero-order valence-corrected chi connectivity index (χ0v) is 20.4. The maximum atomic E-state index is 13.7. The van der Waals surface area contributed by atoms with Crippen molar-refractivity contribution in [3.8, 4) is 5.69 Å². The fourth-order valence-corrected chi connectivity index (χ4v) is 5.45. The Hall–Kier alpha value is -3.86. The van der Waals surface area contributed by atoms with E-state index < -0.39 is 11.9 Å². The summed E-state index contributed by atoms with van der Waals surface area (Å²) in [5.41, 5.74) is 10.6. The molecule has 172 valence electrons. The van der Waals surface area contributed by atoms with Crippen molar-refractivity contribution in [2.75, 3.05) is 7.11 Å². The van der Waals surface area contributed by atoms with Gasteiger partial charge >= 0.3 is 5.97 Å². The lowest BCUT2D eigenvalue weighted by atomic mass is 9.79. The lowest BCUT2D eigenvalue weighted by molar-refractivity contribution is -0.136. The molecule has 3 aromatic rings. The number of benzene rings is 2. The van der Waals surface area contributed by atoms with Crippen LogP contribution in [-0.4, -0.2) is 23.4 Å². The van der Waals surface area contributed by atoms with Crippen molar-refractivity contribution in [3.05, 3.63) is 105 Å². The molecule has 0 bridgehead atoms. The smallest absolute Gasteiger partial charge is 0.336 e. The Morgan fingerprint density at radius 1 is 0.971 bits per heavy atom. The van der Waals surface area contributed by atoms with Gasteiger partial charge < -0.3 is 14.6 Å². The van der Waals surface area contributed by atoms with E-state index in [2.05, 4.69) is 61.8 Å². The fraction of sp³-hybridized carbons (Fsp3) is 0.241. The van der Waals surface area contributed by atoms with Crippen LogP contribution in [0.2, 0.25) is 0 Å². The van der Waals surface area contributed by atoms with Gasteiger partial charge in [-0.2, -0.15) is 0 Å². The van der Waals surface area contributed by atoms with Crippen LogP contribution in [0.3, 0.4) is 0 Å². The highest BCUT2D eigenvalue weighted by atomic mass is 16.5. The van der Waals surface area contributed by atoms with Crippen LogP contribution in [-0.2, 0) is 9.53 Å². The quantitative estimate of drug-likeness (QED) is 0.537. The highest BCUT2D eigenvalue weighted by molar-refractivity contribution is 6.23. The normalized spacial score (nSPS) is 17.0. The molecular weight excluding hydrogens is 424 g/mol. The second-order valence-corrected chi connectivity index (χ2v) is 9.13. The number of carbonyl (C=O) groups excluding carboxylic acids is 2. The SMILES string of the molecule is COC(=O)C1=C(C)NC2=C(C(=O)c3ccccc32)[C@H]1c1cc(C)n(-c2cccc(C)c2C)c1C. The van der Waals surface area contributed by atoms with E-state index in [9.17, 15) is 9.59 Å². The van der Waals surface area contributed by atoms with Gasteiger partial charge in [0.25, 0.3) is 0 Å². The van der Waals surface area contributed by atoms with E-state index >= 15 is 0 Å². The molecule has 0 amide bonds. The van der Waals surface area contributed by atoms with Gasteiger partial charge in [0.1, 0.15) is 0 Å². The van der Waals surface area contributed by atoms with E-state index in [1.165, 1.54) is 18.2 Å². The van der Waals surface area contributed by atoms with Crippen molar-refractivity contribution in [1.29, 1.82) is 0 Å². The van der Waals surface area contributed by atoms with E-state index in [0.717, 1.165) is 33.9 Å². The van der Waals surface area contributed by atoms with Gasteiger partial charge in [0.2, 0.25) is 0 Å². The first-order valence-electron chi connectivity index (χ1n) is 11.5. The van der Waals surface area contributed by atoms with Crippen LogP contribution in [0.5, 0.6) is 0 Å². The van der Waals surface area contributed by atoms with Crippen LogP contribution >= 0.6 is 0 Å². The number of nitrogens with zero attached hydrogens (tertiary/aromatic N) is 1. The number of dihydropyridines is 1. The first-order valence-corrected chi connectivity index (χ1v) is 11.5. The van der Waals surface area contributed by atoms with Gasteiger partial charge in [-0.15, -0.1) is 0 Å². The molecule has 1 aliphatic heterocycles. The first-order chi connectivity index (χ1) is 16.3. The van der Waals surface area contributed by atoms with Crippen LogP contribution in [0.25, 0.3) is 11.4 Å². The topological polar surface area (TPSA) is 60.3 Å². The van der Waals surface area contributed by atoms with E-state index in [4.69, 9.17) is 4.74 Å². The molecule has 5 rings (SSSR count). The Kier molecular flexibility index (Phi) is 5.08. The number of carbonyl (C=O) groups is 2. The summed E-state index contributed by atoms with van der Waals surface area (Å²) >= 11 is 0. The number of Topliss-reactive ketones (excluding diaryl/α,β-unsaturated/α-hetero) is 1. The van der Waals surface area contributed by atoms with Gasteiger partial charge in [0.05, 0.1) is 24.3 Å². The molecule has 2 aliphatic rings. The van der Waals surface area contributed by atoms with Gasteiger partial charge in [-0.3, -0.25) is 4.79 Å². The average Bonchev–Trinajstić information content (AvgIpc) is 3.27. The number of aryl methyl sites for hydroxylation is 2. The number of hydrogen-bond acceptors (Lipinski definition) is 4. The highest BCUT2D eigenvalue weighted by Crippen LogP contribution is 2.48. The van der Waals surface area contributed by atoms with Crippen LogP contribution in [0.4, 0.5) is 0 Å². The third kappa shape index (κ3) is 3.00. The summed E-state index contributed by atoms with van der Waals surface area (Å²) in [5.74, 6) is -0.996. The molecule has 1 aliphatic carbocycles. The second-order valence-electron chi connectivity index (χ2n) is 9.13. The monoisotopic (exact) mass is 452 g/mol. The summed E-state index contributed by atoms with van der Waals surface area (Å²) in [7, 11) is 1.38. The van der Waals surface area contributed by atoms with Crippen molar-refractivity contribution in [1.82, 2.24) is 9.88 Å². The molecule has 0 unspecified atom stereocenters. The molecule has 1 N–H and O–H groups in total. The summed E-state index contributed by atoms with van der Waals surface area (Å²) in [6.45, 7) is 10.2. The number of rotatable bonds is 3. The lowest BCUT2D eigenvalue weighted by Crippen LogP contribution is -2.29. The molecule has 1 aromatic heterocycles. The van der Waals surface area contributed by atoms with Crippen LogP contribution in [0.15, 0.2) is 65.4 Å². The fourth-order valence-electron chi connectivity index (χ4n) is 5.45. The van der Waals surface area contributed by atoms with Crippen molar-refractivity contribution in [2.45, 2.75) is 40.5 Å². The zero-order chi connectivity index (χ0) is 24.3. The van der Waals surface area contributed by atoms with E-state index in [-0.39, 0.29) is 5.78 Å². The molecule has 5 heteroatoms. The number of nitrogens with one attached hydrogen (secondary N) is 1. The molecule has 2 aromatic carbocycles. The largest absolute Gasteiger partial charge is 0.466 e. The third-order valence-electron chi connectivity index (χ3n) is 7.25. The lowest BCUT2D eigenvalue weighted by Gasteiger charge is -2.29. The summed E-state index contributed by atoms with van der Waals surface area (Å²) in [6, 6.07) is 16.0. The number of allylic oxidation sites excluding steroid dienone is 2. The summed E-state index contributed by atoms with van der Waals surface area (Å²) in [6.07, 6.45) is 0. The minimum absolute atomic E-state index is 0.0476. The van der Waals surface area contributed by atoms with Crippen LogP contribution in [0.1, 0.15) is 56.8 Å². The van der Waals surface area contributed by atoms with Gasteiger partial charge in [-0.1, -0.05) is 36.4 Å². The standard InChI is InChI=1S/C29H28N2O3/c1-15-10-9-13-23(17(15)3)31-16(2)14-22(19(31)5)25-24(29(33)34-6)18(4)30-27-20-11-7-8-12-21(20)28(32)26(25)27/h7-14,25,30H,1-6H3/t25-/m0/s1. The molecule has 0 spiro atoms. The summed E-state index contributed by atoms with van der Waals surface area (Å²) in [4.78, 5) is 26.7. The Bertz CT molecular complexity index is 1450. The molecule has 5 nitrogen and oxygen atoms in total. The number of ketones is 1. The zero-order valence-electron chi connectivity index (χ0n) is 20.4. The number of methoxy groups -OCH3 is 1. The maximum Gasteiger partial charge on any atom is 0.336 e. The Morgan fingerprint density at radius 2 is 1.68 bits per heavy atom. The summed E-state index contributed by atoms with van der Waals surface area (Å²) < 4.78 is 7.41. The second kappa shape index (κ2) is 7.87. The number of ether oxygens (including phenoxy) is 1. The van der Waals surface area contributed by atoms with Gasteiger partial charge in [0.15, 0.2) is 5.78 Å². The predicted octanol–water partition coefficient (Wildman–Crippen LogP) is 5.45. The molecule has 0 fully saturated rings. The minimum Gasteiger partial charge on any atom is -0.466 e. The minimum atomic E-state index is -0.520. The Labute approximate surface area is 199 Å². The molecule has 2 heterocycles. The Balaban J connectivity index is 1.77.